The minimum Gasteiger partial charge on any atom is -0.480 e. The fraction of sp³-hybridized carbons (Fsp3) is 0.692. The van der Waals surface area contributed by atoms with Crippen LogP contribution < -0.4 is 4.74 Å². The lowest BCUT2D eigenvalue weighted by molar-refractivity contribution is -0.0650. The first kappa shape index (κ1) is 14.2. The molecule has 2 heterocycles. The zero-order valence-electron chi connectivity index (χ0n) is 11.7. The molecule has 0 radical (unpaired) electrons. The van der Waals surface area contributed by atoms with Gasteiger partial charge in [0.1, 0.15) is 11.8 Å². The maximum absolute atomic E-state index is 10.6. The van der Waals surface area contributed by atoms with Gasteiger partial charge in [-0.25, -0.2) is 4.98 Å². The van der Waals surface area contributed by atoms with E-state index in [2.05, 4.69) is 14.9 Å². The standard InChI is InChI=1S/C13H21N3O3/c1-13(2,16-6-8-19-9-7-16)11(17)10-12(18-3)15-5-4-14-10/h4-5,11,17H,6-9H2,1-3H3. The van der Waals surface area contributed by atoms with Gasteiger partial charge in [0.15, 0.2) is 0 Å². The number of aliphatic hydroxyl groups is 1. The van der Waals surface area contributed by atoms with E-state index in [0.717, 1.165) is 13.1 Å². The summed E-state index contributed by atoms with van der Waals surface area (Å²) in [5.41, 5.74) is 0.0223. The molecule has 1 aromatic rings. The fourth-order valence-electron chi connectivity index (χ4n) is 2.33. The van der Waals surface area contributed by atoms with Crippen LogP contribution in [0.4, 0.5) is 0 Å². The van der Waals surface area contributed by atoms with Crippen molar-refractivity contribution in [1.29, 1.82) is 0 Å². The highest BCUT2D eigenvalue weighted by Crippen LogP contribution is 2.33. The topological polar surface area (TPSA) is 67.7 Å². The summed E-state index contributed by atoms with van der Waals surface area (Å²) in [6, 6.07) is 0. The lowest BCUT2D eigenvalue weighted by Gasteiger charge is -2.43. The molecule has 1 aliphatic rings. The van der Waals surface area contributed by atoms with Gasteiger partial charge in [-0.15, -0.1) is 0 Å². The molecule has 1 fully saturated rings. The van der Waals surface area contributed by atoms with Crippen LogP contribution >= 0.6 is 0 Å². The fourth-order valence-corrected chi connectivity index (χ4v) is 2.33. The van der Waals surface area contributed by atoms with Crippen molar-refractivity contribution in [3.8, 4) is 5.88 Å². The number of methoxy groups -OCH3 is 1. The average molecular weight is 267 g/mol. The maximum Gasteiger partial charge on any atom is 0.238 e. The number of aliphatic hydroxyl groups excluding tert-OH is 1. The number of hydrogen-bond donors (Lipinski definition) is 1. The molecule has 0 aliphatic carbocycles. The van der Waals surface area contributed by atoms with Crippen molar-refractivity contribution < 1.29 is 14.6 Å². The summed E-state index contributed by atoms with van der Waals surface area (Å²) in [5.74, 6) is 0.372. The molecule has 1 atom stereocenters. The highest BCUT2D eigenvalue weighted by molar-refractivity contribution is 5.22. The molecular formula is C13H21N3O3. The van der Waals surface area contributed by atoms with Crippen LogP contribution in [0.5, 0.6) is 5.88 Å². The molecule has 1 N–H and O–H groups in total. The Balaban J connectivity index is 2.23. The second kappa shape index (κ2) is 5.81. The Labute approximate surface area is 113 Å². The summed E-state index contributed by atoms with van der Waals surface area (Å²) in [4.78, 5) is 10.5. The van der Waals surface area contributed by atoms with Gasteiger partial charge in [0, 0.05) is 31.0 Å². The molecule has 1 unspecified atom stereocenters. The largest absolute Gasteiger partial charge is 0.480 e. The van der Waals surface area contributed by atoms with Crippen molar-refractivity contribution in [3.63, 3.8) is 0 Å². The van der Waals surface area contributed by atoms with Gasteiger partial charge in [-0.2, -0.15) is 0 Å². The van der Waals surface area contributed by atoms with Crippen LogP contribution in [0.15, 0.2) is 12.4 Å². The first-order valence-corrected chi connectivity index (χ1v) is 6.43. The Bertz CT molecular complexity index is 419. The summed E-state index contributed by atoms with van der Waals surface area (Å²) < 4.78 is 10.5. The molecular weight excluding hydrogens is 246 g/mol. The molecule has 106 valence electrons. The van der Waals surface area contributed by atoms with Crippen molar-refractivity contribution in [2.24, 2.45) is 0 Å². The van der Waals surface area contributed by atoms with Crippen LogP contribution in [0.25, 0.3) is 0 Å². The van der Waals surface area contributed by atoms with E-state index in [9.17, 15) is 5.11 Å². The minimum atomic E-state index is -0.769. The third-order valence-electron chi connectivity index (χ3n) is 3.64. The molecule has 0 amide bonds. The van der Waals surface area contributed by atoms with Crippen molar-refractivity contribution in [1.82, 2.24) is 14.9 Å². The second-order valence-corrected chi connectivity index (χ2v) is 5.11. The van der Waals surface area contributed by atoms with E-state index in [1.807, 2.05) is 13.8 Å². The lowest BCUT2D eigenvalue weighted by Crippen LogP contribution is -2.53. The zero-order chi connectivity index (χ0) is 13.9. The summed E-state index contributed by atoms with van der Waals surface area (Å²) in [7, 11) is 1.53. The van der Waals surface area contributed by atoms with Gasteiger partial charge >= 0.3 is 0 Å². The van der Waals surface area contributed by atoms with E-state index in [1.54, 1.807) is 12.4 Å². The van der Waals surface area contributed by atoms with Crippen LogP contribution in [0.2, 0.25) is 0 Å². The van der Waals surface area contributed by atoms with Crippen LogP contribution in [0.1, 0.15) is 25.6 Å². The molecule has 2 rings (SSSR count). The molecule has 6 heteroatoms. The van der Waals surface area contributed by atoms with Gasteiger partial charge in [-0.3, -0.25) is 9.88 Å². The molecule has 19 heavy (non-hydrogen) atoms. The second-order valence-electron chi connectivity index (χ2n) is 5.11. The summed E-state index contributed by atoms with van der Waals surface area (Å²) in [6.45, 7) is 6.97. The molecule has 0 aromatic carbocycles. The average Bonchev–Trinajstić information content (AvgIpc) is 2.47. The molecule has 1 aromatic heterocycles. The SMILES string of the molecule is COc1nccnc1C(O)C(C)(C)N1CCOCC1. The van der Waals surface area contributed by atoms with Crippen molar-refractivity contribution in [2.75, 3.05) is 33.4 Å². The highest BCUT2D eigenvalue weighted by Gasteiger charge is 2.38. The number of ether oxygens (including phenoxy) is 2. The predicted molar refractivity (Wildman–Crippen MR) is 70.0 cm³/mol. The summed E-state index contributed by atoms with van der Waals surface area (Å²) >= 11 is 0. The smallest absolute Gasteiger partial charge is 0.238 e. The number of nitrogens with zero attached hydrogens (tertiary/aromatic N) is 3. The Morgan fingerprint density at radius 2 is 1.95 bits per heavy atom. The molecule has 0 bridgehead atoms. The Morgan fingerprint density at radius 1 is 1.32 bits per heavy atom. The van der Waals surface area contributed by atoms with Gasteiger partial charge in [0.05, 0.1) is 20.3 Å². The molecule has 6 nitrogen and oxygen atoms in total. The van der Waals surface area contributed by atoms with Gasteiger partial charge in [0.25, 0.3) is 0 Å². The van der Waals surface area contributed by atoms with Crippen molar-refractivity contribution >= 4 is 0 Å². The number of hydrogen-bond acceptors (Lipinski definition) is 6. The first-order chi connectivity index (χ1) is 9.07. The third kappa shape index (κ3) is 2.86. The Morgan fingerprint density at radius 3 is 2.58 bits per heavy atom. The highest BCUT2D eigenvalue weighted by atomic mass is 16.5. The third-order valence-corrected chi connectivity index (χ3v) is 3.64. The summed E-state index contributed by atoms with van der Waals surface area (Å²) in [5, 5.41) is 10.6. The maximum atomic E-state index is 10.6. The van der Waals surface area contributed by atoms with E-state index < -0.39 is 11.6 Å². The normalized spacial score (nSPS) is 19.2. The van der Waals surface area contributed by atoms with E-state index in [-0.39, 0.29) is 0 Å². The molecule has 0 spiro atoms. The quantitative estimate of drug-likeness (QED) is 0.863. The Kier molecular flexibility index (Phi) is 4.34. The molecule has 1 aliphatic heterocycles. The lowest BCUT2D eigenvalue weighted by atomic mass is 9.92. The van der Waals surface area contributed by atoms with Gasteiger partial charge in [-0.05, 0) is 13.8 Å². The number of aromatic nitrogens is 2. The van der Waals surface area contributed by atoms with E-state index >= 15 is 0 Å². The van der Waals surface area contributed by atoms with E-state index in [4.69, 9.17) is 9.47 Å². The van der Waals surface area contributed by atoms with Crippen LogP contribution in [-0.2, 0) is 4.74 Å². The van der Waals surface area contributed by atoms with Gasteiger partial charge < -0.3 is 14.6 Å². The van der Waals surface area contributed by atoms with E-state index in [1.165, 1.54) is 7.11 Å². The minimum absolute atomic E-state index is 0.372. The van der Waals surface area contributed by atoms with Crippen LogP contribution in [0, 0.1) is 0 Å². The van der Waals surface area contributed by atoms with Gasteiger partial charge in [-0.1, -0.05) is 0 Å². The van der Waals surface area contributed by atoms with Crippen molar-refractivity contribution in [2.45, 2.75) is 25.5 Å². The monoisotopic (exact) mass is 267 g/mol. The molecule has 1 saturated heterocycles. The summed E-state index contributed by atoms with van der Waals surface area (Å²) in [6.07, 6.45) is 2.35. The van der Waals surface area contributed by atoms with Crippen molar-refractivity contribution in [3.05, 3.63) is 18.1 Å². The first-order valence-electron chi connectivity index (χ1n) is 6.43. The Hall–Kier alpha value is -1.24. The zero-order valence-corrected chi connectivity index (χ0v) is 11.7. The molecule has 0 saturated carbocycles. The number of morpholine rings is 1. The number of rotatable bonds is 4. The van der Waals surface area contributed by atoms with Crippen LogP contribution in [-0.4, -0.2) is 58.9 Å². The van der Waals surface area contributed by atoms with Gasteiger partial charge in [0.2, 0.25) is 5.88 Å². The van der Waals surface area contributed by atoms with Crippen LogP contribution in [0.3, 0.4) is 0 Å². The van der Waals surface area contributed by atoms with E-state index in [0.29, 0.717) is 24.8 Å². The predicted octanol–water partition coefficient (Wildman–Crippen LogP) is 0.629.